The predicted molar refractivity (Wildman–Crippen MR) is 370 cm³/mol. The van der Waals surface area contributed by atoms with Crippen LogP contribution in [0.3, 0.4) is 0 Å². The first-order chi connectivity index (χ1) is 41.5. The van der Waals surface area contributed by atoms with Crippen molar-refractivity contribution < 1.29 is 24.5 Å². The van der Waals surface area contributed by atoms with Gasteiger partial charge in [-0.15, -0.1) is 0 Å². The Labute approximate surface area is 527 Å². The van der Waals surface area contributed by atoms with Gasteiger partial charge in [0.2, 0.25) is 5.91 Å². The fraction of sp³-hybridized carbons (Fsp3) is 0.949. The van der Waals surface area contributed by atoms with E-state index in [1.807, 2.05) is 0 Å². The van der Waals surface area contributed by atoms with Crippen LogP contribution in [0.1, 0.15) is 450 Å². The van der Waals surface area contributed by atoms with Crippen molar-refractivity contribution in [2.45, 2.75) is 463 Å². The molecule has 6 nitrogen and oxygen atoms in total. The number of aliphatic hydroxyl groups is 2. The van der Waals surface area contributed by atoms with Crippen LogP contribution in [0.25, 0.3) is 0 Å². The van der Waals surface area contributed by atoms with Crippen LogP contribution in [0.15, 0.2) is 12.2 Å². The summed E-state index contributed by atoms with van der Waals surface area (Å²) < 4.78 is 5.50. The summed E-state index contributed by atoms with van der Waals surface area (Å²) in [6.07, 6.45) is 92.9. The van der Waals surface area contributed by atoms with Crippen molar-refractivity contribution in [1.29, 1.82) is 0 Å². The molecule has 0 fully saturated rings. The third kappa shape index (κ3) is 69.7. The molecule has 0 rings (SSSR count). The summed E-state index contributed by atoms with van der Waals surface area (Å²) in [5, 5.41) is 23.5. The Hall–Kier alpha value is -1.40. The molecule has 3 N–H and O–H groups in total. The molecule has 0 aromatic rings. The van der Waals surface area contributed by atoms with Gasteiger partial charge in [-0.1, -0.05) is 398 Å². The zero-order valence-corrected chi connectivity index (χ0v) is 57.4. The summed E-state index contributed by atoms with van der Waals surface area (Å²) in [4.78, 5) is 24.7. The highest BCUT2D eigenvalue weighted by molar-refractivity contribution is 5.76. The first-order valence-corrected chi connectivity index (χ1v) is 38.9. The van der Waals surface area contributed by atoms with Crippen molar-refractivity contribution in [1.82, 2.24) is 5.32 Å². The van der Waals surface area contributed by atoms with E-state index in [1.165, 1.54) is 379 Å². The highest BCUT2D eigenvalue weighted by atomic mass is 16.5. The summed E-state index contributed by atoms with van der Waals surface area (Å²) in [6.45, 7) is 5.01. The molecular formula is C78H153NO5. The molecule has 0 bridgehead atoms. The van der Waals surface area contributed by atoms with E-state index in [2.05, 4.69) is 31.3 Å². The minimum absolute atomic E-state index is 0.0213. The van der Waals surface area contributed by atoms with E-state index in [0.717, 1.165) is 38.5 Å². The fourth-order valence-electron chi connectivity index (χ4n) is 12.6. The average Bonchev–Trinajstić information content (AvgIpc) is 3.53. The molecule has 0 saturated carbocycles. The topological polar surface area (TPSA) is 95.9 Å². The average molecular weight is 1190 g/mol. The van der Waals surface area contributed by atoms with Crippen LogP contribution in [0.5, 0.6) is 0 Å². The lowest BCUT2D eigenvalue weighted by molar-refractivity contribution is -0.143. The van der Waals surface area contributed by atoms with Crippen molar-refractivity contribution in [2.75, 3.05) is 13.2 Å². The number of nitrogens with one attached hydrogen (secondary N) is 1. The number of hydrogen-bond acceptors (Lipinski definition) is 5. The Kier molecular flexibility index (Phi) is 72.8. The molecule has 0 radical (unpaired) electrons. The normalized spacial score (nSPS) is 12.5. The van der Waals surface area contributed by atoms with E-state index in [9.17, 15) is 19.8 Å². The van der Waals surface area contributed by atoms with Crippen LogP contribution in [0.2, 0.25) is 0 Å². The molecule has 0 aromatic heterocycles. The molecule has 0 aromatic carbocycles. The van der Waals surface area contributed by atoms with E-state index in [0.29, 0.717) is 25.9 Å². The lowest BCUT2D eigenvalue weighted by atomic mass is 10.0. The smallest absolute Gasteiger partial charge is 0.305 e. The van der Waals surface area contributed by atoms with Gasteiger partial charge in [-0.25, -0.2) is 0 Å². The molecule has 2 unspecified atom stereocenters. The molecule has 0 aliphatic carbocycles. The van der Waals surface area contributed by atoms with Crippen LogP contribution >= 0.6 is 0 Å². The Bertz CT molecular complexity index is 1270. The Morgan fingerprint density at radius 1 is 0.321 bits per heavy atom. The van der Waals surface area contributed by atoms with E-state index in [1.54, 1.807) is 0 Å². The quantitative estimate of drug-likeness (QED) is 0.0320. The molecule has 1 amide bonds. The molecule has 500 valence electrons. The molecule has 84 heavy (non-hydrogen) atoms. The van der Waals surface area contributed by atoms with Crippen molar-refractivity contribution in [3.05, 3.63) is 12.2 Å². The van der Waals surface area contributed by atoms with Gasteiger partial charge in [0.05, 0.1) is 25.4 Å². The molecular weight excluding hydrogens is 1030 g/mol. The van der Waals surface area contributed by atoms with Gasteiger partial charge >= 0.3 is 5.97 Å². The fourth-order valence-corrected chi connectivity index (χ4v) is 12.6. The van der Waals surface area contributed by atoms with Gasteiger partial charge in [0, 0.05) is 12.8 Å². The van der Waals surface area contributed by atoms with Crippen LogP contribution in [-0.4, -0.2) is 47.4 Å². The van der Waals surface area contributed by atoms with Gasteiger partial charge in [0.1, 0.15) is 0 Å². The van der Waals surface area contributed by atoms with Crippen LogP contribution in [0, 0.1) is 0 Å². The summed E-state index contributed by atoms with van der Waals surface area (Å²) in [6, 6.07) is -0.541. The van der Waals surface area contributed by atoms with Gasteiger partial charge in [-0.3, -0.25) is 9.59 Å². The lowest BCUT2D eigenvalue weighted by Gasteiger charge is -2.22. The van der Waals surface area contributed by atoms with Gasteiger partial charge < -0.3 is 20.3 Å². The Morgan fingerprint density at radius 3 is 0.845 bits per heavy atom. The number of aliphatic hydroxyl groups excluding tert-OH is 2. The number of carbonyl (C=O) groups is 2. The van der Waals surface area contributed by atoms with Crippen LogP contribution in [-0.2, 0) is 14.3 Å². The number of rotatable bonds is 74. The van der Waals surface area contributed by atoms with Crippen molar-refractivity contribution in [3.8, 4) is 0 Å². The van der Waals surface area contributed by atoms with Gasteiger partial charge in [-0.05, 0) is 51.4 Å². The third-order valence-electron chi connectivity index (χ3n) is 18.6. The van der Waals surface area contributed by atoms with Gasteiger partial charge in [0.15, 0.2) is 0 Å². The van der Waals surface area contributed by atoms with E-state index in [4.69, 9.17) is 4.74 Å². The monoisotopic (exact) mass is 1180 g/mol. The van der Waals surface area contributed by atoms with Gasteiger partial charge in [-0.2, -0.15) is 0 Å². The zero-order chi connectivity index (χ0) is 60.6. The number of unbranched alkanes of at least 4 members (excludes halogenated alkanes) is 61. The molecule has 0 spiro atoms. The number of esters is 1. The second kappa shape index (κ2) is 74.1. The number of carbonyl (C=O) groups excluding carboxylic acids is 2. The second-order valence-electron chi connectivity index (χ2n) is 27.0. The summed E-state index contributed by atoms with van der Waals surface area (Å²) in [5.41, 5.74) is 0. The summed E-state index contributed by atoms with van der Waals surface area (Å²) >= 11 is 0. The maximum absolute atomic E-state index is 12.6. The minimum atomic E-state index is -0.664. The highest BCUT2D eigenvalue weighted by Gasteiger charge is 2.20. The number of allylic oxidation sites excluding steroid dienone is 2. The van der Waals surface area contributed by atoms with E-state index < -0.39 is 12.1 Å². The predicted octanol–water partition coefficient (Wildman–Crippen LogP) is 25.5. The zero-order valence-electron chi connectivity index (χ0n) is 57.4. The second-order valence-corrected chi connectivity index (χ2v) is 27.0. The highest BCUT2D eigenvalue weighted by Crippen LogP contribution is 2.20. The van der Waals surface area contributed by atoms with Crippen molar-refractivity contribution in [3.63, 3.8) is 0 Å². The minimum Gasteiger partial charge on any atom is -0.466 e. The van der Waals surface area contributed by atoms with Crippen LogP contribution < -0.4 is 5.32 Å². The Balaban J connectivity index is 3.36. The number of hydrogen-bond donors (Lipinski definition) is 3. The first-order valence-electron chi connectivity index (χ1n) is 38.9. The van der Waals surface area contributed by atoms with E-state index in [-0.39, 0.29) is 18.5 Å². The van der Waals surface area contributed by atoms with Crippen molar-refractivity contribution >= 4 is 11.9 Å². The van der Waals surface area contributed by atoms with E-state index >= 15 is 0 Å². The maximum atomic E-state index is 12.6. The molecule has 6 heteroatoms. The first kappa shape index (κ1) is 82.6. The summed E-state index contributed by atoms with van der Waals surface area (Å²) in [7, 11) is 0. The van der Waals surface area contributed by atoms with Crippen LogP contribution in [0.4, 0.5) is 0 Å². The van der Waals surface area contributed by atoms with Crippen molar-refractivity contribution in [2.24, 2.45) is 0 Å². The molecule has 0 aliphatic heterocycles. The standard InChI is InChI=1S/C78H153NO5/c1-3-5-7-9-11-13-15-17-19-20-21-22-33-36-39-43-46-50-54-58-62-66-70-76(81)75(74-80)79-77(82)71-67-63-59-55-51-47-44-40-37-34-31-29-27-25-23-24-26-28-30-32-35-38-41-45-49-53-57-61-65-69-73-84-78(83)72-68-64-60-56-52-48-42-18-16-14-12-10-8-6-4-2/h24,26,75-76,80-81H,3-23,25,27-74H2,1-2H3,(H,79,82)/b26-24-. The molecule has 0 heterocycles. The largest absolute Gasteiger partial charge is 0.466 e. The Morgan fingerprint density at radius 2 is 0.560 bits per heavy atom. The lowest BCUT2D eigenvalue weighted by Crippen LogP contribution is -2.45. The molecule has 0 aliphatic rings. The molecule has 2 atom stereocenters. The third-order valence-corrected chi connectivity index (χ3v) is 18.6. The number of amides is 1. The molecule has 0 saturated heterocycles. The maximum Gasteiger partial charge on any atom is 0.305 e. The van der Waals surface area contributed by atoms with Gasteiger partial charge in [0.25, 0.3) is 0 Å². The summed E-state index contributed by atoms with van der Waals surface area (Å²) in [5.74, 6) is -0.00643. The number of ether oxygens (including phenoxy) is 1. The SMILES string of the molecule is CCCCCCCCCCCCCCCCCCCCCCCCC(O)C(CO)NC(=O)CCCCCCCCCCCCCCCC/C=C\CCCCCCCCCCCCCCOC(=O)CCCCCCCCCCCCCCCCC.